The topological polar surface area (TPSA) is 92.1 Å². The molecule has 1 unspecified atom stereocenters. The van der Waals surface area contributed by atoms with Crippen molar-refractivity contribution in [2.75, 3.05) is 5.75 Å². The van der Waals surface area contributed by atoms with Crippen LogP contribution in [0.25, 0.3) is 0 Å². The number of carbonyl (C=O) groups excluding carboxylic acids is 2. The molecular formula is C15H14ClNO4S. The zero-order chi connectivity index (χ0) is 16.5. The second-order valence-corrected chi connectivity index (χ2v) is 7.83. The van der Waals surface area contributed by atoms with Gasteiger partial charge in [-0.25, -0.2) is 8.42 Å². The zero-order valence-corrected chi connectivity index (χ0v) is 13.4. The Kier molecular flexibility index (Phi) is 4.69. The lowest BCUT2D eigenvalue weighted by molar-refractivity contribution is -0.121. The van der Waals surface area contributed by atoms with Crippen LogP contribution in [-0.2, 0) is 14.6 Å². The molecule has 0 aromatic heterocycles. The summed E-state index contributed by atoms with van der Waals surface area (Å²) >= 11 is 5.98. The molecule has 0 heterocycles. The summed E-state index contributed by atoms with van der Waals surface area (Å²) in [6.07, 6.45) is 1.40. The highest BCUT2D eigenvalue weighted by atomic mass is 35.5. The third-order valence-corrected chi connectivity index (χ3v) is 5.65. The summed E-state index contributed by atoms with van der Waals surface area (Å²) in [7, 11) is -3.44. The first-order valence-corrected chi connectivity index (χ1v) is 8.84. The van der Waals surface area contributed by atoms with E-state index in [4.69, 9.17) is 16.9 Å². The number of ketones is 2. The molecule has 7 heteroatoms. The number of hydrogen-bond acceptors (Lipinski definition) is 5. The van der Waals surface area contributed by atoms with E-state index in [1.165, 1.54) is 25.1 Å². The number of Topliss-reactive ketones (excluding diaryl/α,β-unsaturated/α-hetero) is 2. The van der Waals surface area contributed by atoms with Gasteiger partial charge in [-0.15, -0.1) is 0 Å². The van der Waals surface area contributed by atoms with Gasteiger partial charge >= 0.3 is 0 Å². The second kappa shape index (κ2) is 6.19. The van der Waals surface area contributed by atoms with E-state index in [-0.39, 0.29) is 32.9 Å². The predicted molar refractivity (Wildman–Crippen MR) is 80.3 cm³/mol. The molecule has 1 aromatic rings. The minimum Gasteiger partial charge on any atom is -0.297 e. The molecule has 5 nitrogen and oxygen atoms in total. The summed E-state index contributed by atoms with van der Waals surface area (Å²) in [5.74, 6) is -2.73. The van der Waals surface area contributed by atoms with E-state index in [0.29, 0.717) is 12.8 Å². The molecule has 22 heavy (non-hydrogen) atoms. The molecule has 0 amide bonds. The second-order valence-electron chi connectivity index (χ2n) is 5.15. The van der Waals surface area contributed by atoms with Crippen LogP contribution in [0.2, 0.25) is 5.02 Å². The third-order valence-electron chi connectivity index (χ3n) is 3.60. The van der Waals surface area contributed by atoms with E-state index < -0.39 is 21.5 Å². The Bertz CT molecular complexity index is 775. The molecule has 116 valence electrons. The van der Waals surface area contributed by atoms with E-state index in [9.17, 15) is 18.0 Å². The van der Waals surface area contributed by atoms with Crippen LogP contribution in [0, 0.1) is 23.2 Å². The normalized spacial score (nSPS) is 15.9. The maximum absolute atomic E-state index is 12.3. The van der Waals surface area contributed by atoms with Crippen molar-refractivity contribution in [3.63, 3.8) is 0 Å². The molecule has 1 atom stereocenters. The van der Waals surface area contributed by atoms with E-state index in [0.717, 1.165) is 0 Å². The Balaban J connectivity index is 2.34. The van der Waals surface area contributed by atoms with Crippen LogP contribution in [0.1, 0.15) is 30.1 Å². The van der Waals surface area contributed by atoms with Crippen molar-refractivity contribution in [1.82, 2.24) is 0 Å². The average molecular weight is 340 g/mol. The number of hydrogen-bond donors (Lipinski definition) is 0. The smallest absolute Gasteiger partial charge is 0.189 e. The van der Waals surface area contributed by atoms with Gasteiger partial charge in [-0.05, 0) is 31.0 Å². The standard InChI is InChI=1S/C15H14ClNO4S/c1-2-22(20,21)10-5-6-11(13(16)7-10)15(19)12(8-17)14(18)9-3-4-9/h5-7,9,12H,2-4H2,1H3. The molecule has 1 saturated carbocycles. The van der Waals surface area contributed by atoms with Crippen LogP contribution < -0.4 is 0 Å². The summed E-state index contributed by atoms with van der Waals surface area (Å²) in [5, 5.41) is 9.02. The quantitative estimate of drug-likeness (QED) is 0.586. The number of sulfone groups is 1. The predicted octanol–water partition coefficient (Wildman–Crippen LogP) is 2.44. The first-order chi connectivity index (χ1) is 10.3. The highest BCUT2D eigenvalue weighted by molar-refractivity contribution is 7.91. The largest absolute Gasteiger partial charge is 0.297 e. The molecule has 1 fully saturated rings. The molecule has 0 N–H and O–H groups in total. The van der Waals surface area contributed by atoms with Crippen LogP contribution in [0.4, 0.5) is 0 Å². The lowest BCUT2D eigenvalue weighted by Crippen LogP contribution is -2.24. The van der Waals surface area contributed by atoms with Crippen LogP contribution in [-0.4, -0.2) is 25.7 Å². The molecule has 1 aliphatic rings. The van der Waals surface area contributed by atoms with Gasteiger partial charge in [0.05, 0.1) is 21.7 Å². The monoisotopic (exact) mass is 339 g/mol. The van der Waals surface area contributed by atoms with Gasteiger partial charge in [0.1, 0.15) is 0 Å². The van der Waals surface area contributed by atoms with Crippen molar-refractivity contribution < 1.29 is 18.0 Å². The summed E-state index contributed by atoms with van der Waals surface area (Å²) in [4.78, 5) is 24.3. The molecule has 0 bridgehead atoms. The fraction of sp³-hybridized carbons (Fsp3) is 0.400. The Hall–Kier alpha value is -1.71. The minimum absolute atomic E-state index is 0.00253. The van der Waals surface area contributed by atoms with Gasteiger partial charge in [0.2, 0.25) is 0 Å². The van der Waals surface area contributed by atoms with Crippen molar-refractivity contribution in [3.8, 4) is 6.07 Å². The highest BCUT2D eigenvalue weighted by Crippen LogP contribution is 2.34. The van der Waals surface area contributed by atoms with Crippen LogP contribution >= 0.6 is 11.6 Å². The summed E-state index contributed by atoms with van der Waals surface area (Å²) < 4.78 is 23.6. The van der Waals surface area contributed by atoms with Crippen molar-refractivity contribution in [1.29, 1.82) is 5.26 Å². The van der Waals surface area contributed by atoms with Gasteiger partial charge < -0.3 is 0 Å². The van der Waals surface area contributed by atoms with Gasteiger partial charge in [0.15, 0.2) is 27.3 Å². The Morgan fingerprint density at radius 3 is 2.50 bits per heavy atom. The zero-order valence-electron chi connectivity index (χ0n) is 11.9. The van der Waals surface area contributed by atoms with E-state index >= 15 is 0 Å². The van der Waals surface area contributed by atoms with Gasteiger partial charge in [0, 0.05) is 11.5 Å². The van der Waals surface area contributed by atoms with Crippen LogP contribution in [0.15, 0.2) is 23.1 Å². The number of nitriles is 1. The molecular weight excluding hydrogens is 326 g/mol. The summed E-state index contributed by atoms with van der Waals surface area (Å²) in [5.41, 5.74) is -0.00253. The Labute approximate surface area is 133 Å². The SMILES string of the molecule is CCS(=O)(=O)c1ccc(C(=O)C(C#N)C(=O)C2CC2)c(Cl)c1. The van der Waals surface area contributed by atoms with Crippen molar-refractivity contribution >= 4 is 33.0 Å². The number of benzene rings is 1. The number of carbonyl (C=O) groups is 2. The van der Waals surface area contributed by atoms with E-state index in [1.807, 2.05) is 0 Å². The lowest BCUT2D eigenvalue weighted by Gasteiger charge is -2.09. The van der Waals surface area contributed by atoms with Crippen LogP contribution in [0.5, 0.6) is 0 Å². The van der Waals surface area contributed by atoms with E-state index in [1.54, 1.807) is 6.07 Å². The maximum Gasteiger partial charge on any atom is 0.189 e. The van der Waals surface area contributed by atoms with E-state index in [2.05, 4.69) is 0 Å². The summed E-state index contributed by atoms with van der Waals surface area (Å²) in [6.45, 7) is 1.50. The number of rotatable bonds is 6. The molecule has 1 aromatic carbocycles. The molecule has 0 radical (unpaired) electrons. The first kappa shape index (κ1) is 16.7. The van der Waals surface area contributed by atoms with Gasteiger partial charge in [-0.1, -0.05) is 18.5 Å². The van der Waals surface area contributed by atoms with Crippen LogP contribution in [0.3, 0.4) is 0 Å². The number of nitrogens with zero attached hydrogens (tertiary/aromatic N) is 1. The Morgan fingerprint density at radius 1 is 1.41 bits per heavy atom. The molecule has 2 rings (SSSR count). The minimum atomic E-state index is -3.44. The third kappa shape index (κ3) is 3.21. The summed E-state index contributed by atoms with van der Waals surface area (Å²) in [6, 6.07) is 5.45. The van der Waals surface area contributed by atoms with Crippen molar-refractivity contribution in [3.05, 3.63) is 28.8 Å². The molecule has 1 aliphatic carbocycles. The fourth-order valence-electron chi connectivity index (χ4n) is 2.07. The molecule has 0 spiro atoms. The van der Waals surface area contributed by atoms with Gasteiger partial charge in [0.25, 0.3) is 0 Å². The fourth-order valence-corrected chi connectivity index (χ4v) is 3.31. The first-order valence-electron chi connectivity index (χ1n) is 6.81. The lowest BCUT2D eigenvalue weighted by atomic mass is 9.92. The van der Waals surface area contributed by atoms with Gasteiger partial charge in [-0.2, -0.15) is 5.26 Å². The molecule has 0 aliphatic heterocycles. The highest BCUT2D eigenvalue weighted by Gasteiger charge is 2.39. The van der Waals surface area contributed by atoms with Crippen molar-refractivity contribution in [2.45, 2.75) is 24.7 Å². The van der Waals surface area contributed by atoms with Gasteiger partial charge in [-0.3, -0.25) is 9.59 Å². The Morgan fingerprint density at radius 2 is 2.05 bits per heavy atom. The molecule has 0 saturated heterocycles. The van der Waals surface area contributed by atoms with Crippen molar-refractivity contribution in [2.24, 2.45) is 11.8 Å². The number of halogens is 1. The maximum atomic E-state index is 12.3. The average Bonchev–Trinajstić information content (AvgIpc) is 3.32.